The van der Waals surface area contributed by atoms with Crippen LogP contribution in [0.25, 0.3) is 0 Å². The molecule has 0 fully saturated rings. The summed E-state index contributed by atoms with van der Waals surface area (Å²) >= 11 is 3.38. The molecular weight excluding hydrogens is 317 g/mol. The molecule has 106 valence electrons. The molecule has 0 aliphatic rings. The summed E-state index contributed by atoms with van der Waals surface area (Å²) in [6.07, 6.45) is 0. The van der Waals surface area contributed by atoms with Crippen LogP contribution in [0.3, 0.4) is 0 Å². The highest BCUT2D eigenvalue weighted by atomic mass is 79.9. The fourth-order valence-corrected chi connectivity index (χ4v) is 2.56. The third kappa shape index (κ3) is 3.40. The number of rotatable bonds is 4. The van der Waals surface area contributed by atoms with Crippen molar-refractivity contribution in [1.29, 1.82) is 0 Å². The van der Waals surface area contributed by atoms with Gasteiger partial charge in [-0.05, 0) is 52.0 Å². The zero-order chi connectivity index (χ0) is 14.7. The summed E-state index contributed by atoms with van der Waals surface area (Å²) in [4.78, 5) is 0. The zero-order valence-corrected chi connectivity index (χ0v) is 13.5. The lowest BCUT2D eigenvalue weighted by molar-refractivity contribution is 0.626. The Morgan fingerprint density at radius 2 is 1.55 bits per heavy atom. The van der Waals surface area contributed by atoms with Crippen LogP contribution in [0.1, 0.15) is 43.9 Å². The van der Waals surface area contributed by atoms with E-state index in [1.165, 1.54) is 11.6 Å². The van der Waals surface area contributed by atoms with Crippen LogP contribution in [-0.2, 0) is 0 Å². The molecule has 0 bridgehead atoms. The summed E-state index contributed by atoms with van der Waals surface area (Å²) in [5, 5.41) is 3.22. The quantitative estimate of drug-likeness (QED) is 0.735. The summed E-state index contributed by atoms with van der Waals surface area (Å²) in [7, 11) is 0. The number of nitrogens with one attached hydrogen (secondary N) is 1. The molecule has 0 aliphatic carbocycles. The standard InChI is InChI=1S/C17H19BrFN/c1-11(2)13-7-9-14(10-8-13)12(3)20-17-15(18)5-4-6-16(17)19/h4-12,20H,1-3H3. The van der Waals surface area contributed by atoms with Gasteiger partial charge in [-0.1, -0.05) is 44.2 Å². The van der Waals surface area contributed by atoms with Crippen LogP contribution < -0.4 is 5.32 Å². The van der Waals surface area contributed by atoms with E-state index in [-0.39, 0.29) is 11.9 Å². The Hall–Kier alpha value is -1.35. The predicted octanol–water partition coefficient (Wildman–Crippen LogP) is 5.88. The van der Waals surface area contributed by atoms with Crippen molar-refractivity contribution in [3.8, 4) is 0 Å². The number of anilines is 1. The van der Waals surface area contributed by atoms with E-state index < -0.39 is 0 Å². The summed E-state index contributed by atoms with van der Waals surface area (Å²) in [5.41, 5.74) is 2.96. The van der Waals surface area contributed by atoms with E-state index in [1.54, 1.807) is 6.07 Å². The van der Waals surface area contributed by atoms with Crippen LogP contribution in [0, 0.1) is 5.82 Å². The van der Waals surface area contributed by atoms with E-state index >= 15 is 0 Å². The Labute approximate surface area is 128 Å². The Balaban J connectivity index is 2.17. The van der Waals surface area contributed by atoms with Gasteiger partial charge in [0.2, 0.25) is 0 Å². The van der Waals surface area contributed by atoms with Gasteiger partial charge < -0.3 is 5.32 Å². The van der Waals surface area contributed by atoms with Crippen molar-refractivity contribution < 1.29 is 4.39 Å². The summed E-state index contributed by atoms with van der Waals surface area (Å²) in [5.74, 6) is 0.276. The molecule has 2 aromatic rings. The lowest BCUT2D eigenvalue weighted by Crippen LogP contribution is -2.08. The van der Waals surface area contributed by atoms with E-state index in [2.05, 4.69) is 59.4 Å². The van der Waals surface area contributed by atoms with Gasteiger partial charge in [-0.3, -0.25) is 0 Å². The van der Waals surface area contributed by atoms with E-state index in [9.17, 15) is 4.39 Å². The first-order chi connectivity index (χ1) is 9.49. The molecular formula is C17H19BrFN. The SMILES string of the molecule is CC(C)c1ccc(C(C)Nc2c(F)cccc2Br)cc1. The Morgan fingerprint density at radius 3 is 2.10 bits per heavy atom. The molecule has 0 spiro atoms. The number of benzene rings is 2. The second-order valence-electron chi connectivity index (χ2n) is 5.28. The predicted molar refractivity (Wildman–Crippen MR) is 86.7 cm³/mol. The van der Waals surface area contributed by atoms with Gasteiger partial charge in [0, 0.05) is 10.5 Å². The Morgan fingerprint density at radius 1 is 0.950 bits per heavy atom. The molecule has 20 heavy (non-hydrogen) atoms. The van der Waals surface area contributed by atoms with Crippen LogP contribution in [-0.4, -0.2) is 0 Å². The molecule has 1 N–H and O–H groups in total. The smallest absolute Gasteiger partial charge is 0.147 e. The molecule has 0 saturated heterocycles. The van der Waals surface area contributed by atoms with Gasteiger partial charge in [0.1, 0.15) is 5.82 Å². The minimum atomic E-state index is -0.245. The number of hydrogen-bond donors (Lipinski definition) is 1. The van der Waals surface area contributed by atoms with Gasteiger partial charge in [0.05, 0.1) is 5.69 Å². The maximum absolute atomic E-state index is 13.8. The van der Waals surface area contributed by atoms with Gasteiger partial charge in [0.15, 0.2) is 0 Å². The lowest BCUT2D eigenvalue weighted by Gasteiger charge is -2.18. The highest BCUT2D eigenvalue weighted by molar-refractivity contribution is 9.10. The first-order valence-corrected chi connectivity index (χ1v) is 7.58. The fourth-order valence-electron chi connectivity index (χ4n) is 2.11. The van der Waals surface area contributed by atoms with Crippen LogP contribution in [0.5, 0.6) is 0 Å². The van der Waals surface area contributed by atoms with Crippen molar-refractivity contribution in [1.82, 2.24) is 0 Å². The molecule has 2 aromatic carbocycles. The fraction of sp³-hybridized carbons (Fsp3) is 0.294. The van der Waals surface area contributed by atoms with Gasteiger partial charge >= 0.3 is 0 Å². The van der Waals surface area contributed by atoms with Crippen molar-refractivity contribution in [2.75, 3.05) is 5.32 Å². The van der Waals surface area contributed by atoms with Crippen LogP contribution in [0.15, 0.2) is 46.9 Å². The maximum atomic E-state index is 13.8. The van der Waals surface area contributed by atoms with Crippen molar-refractivity contribution in [2.45, 2.75) is 32.7 Å². The average molecular weight is 336 g/mol. The minimum Gasteiger partial charge on any atom is -0.375 e. The topological polar surface area (TPSA) is 12.0 Å². The van der Waals surface area contributed by atoms with Crippen LogP contribution in [0.4, 0.5) is 10.1 Å². The van der Waals surface area contributed by atoms with Crippen molar-refractivity contribution in [3.63, 3.8) is 0 Å². The molecule has 0 aromatic heterocycles. The molecule has 0 aliphatic heterocycles. The van der Waals surface area contributed by atoms with E-state index in [1.807, 2.05) is 13.0 Å². The van der Waals surface area contributed by atoms with Gasteiger partial charge in [-0.2, -0.15) is 0 Å². The Bertz CT molecular complexity index is 558. The van der Waals surface area contributed by atoms with Crippen LogP contribution in [0.2, 0.25) is 0 Å². The summed E-state index contributed by atoms with van der Waals surface area (Å²) in [6, 6.07) is 13.5. The molecule has 1 unspecified atom stereocenters. The molecule has 0 heterocycles. The number of halogens is 2. The van der Waals surface area contributed by atoms with Gasteiger partial charge in [-0.25, -0.2) is 4.39 Å². The van der Waals surface area contributed by atoms with Crippen LogP contribution >= 0.6 is 15.9 Å². The van der Waals surface area contributed by atoms with Gasteiger partial charge in [0.25, 0.3) is 0 Å². The monoisotopic (exact) mass is 335 g/mol. The van der Waals surface area contributed by atoms with E-state index in [4.69, 9.17) is 0 Å². The second-order valence-corrected chi connectivity index (χ2v) is 6.14. The van der Waals surface area contributed by atoms with Crippen molar-refractivity contribution in [3.05, 3.63) is 63.9 Å². The van der Waals surface area contributed by atoms with Crippen molar-refractivity contribution >= 4 is 21.6 Å². The molecule has 1 nitrogen and oxygen atoms in total. The van der Waals surface area contributed by atoms with Gasteiger partial charge in [-0.15, -0.1) is 0 Å². The number of hydrogen-bond acceptors (Lipinski definition) is 1. The van der Waals surface area contributed by atoms with Crippen molar-refractivity contribution in [2.24, 2.45) is 0 Å². The third-order valence-electron chi connectivity index (χ3n) is 3.43. The zero-order valence-electron chi connectivity index (χ0n) is 12.0. The summed E-state index contributed by atoms with van der Waals surface area (Å²) < 4.78 is 14.5. The Kier molecular flexibility index (Phi) is 4.81. The highest BCUT2D eigenvalue weighted by Crippen LogP contribution is 2.29. The number of para-hydroxylation sites is 1. The molecule has 1 atom stereocenters. The minimum absolute atomic E-state index is 0.0458. The highest BCUT2D eigenvalue weighted by Gasteiger charge is 2.11. The summed E-state index contributed by atoms with van der Waals surface area (Å²) in [6.45, 7) is 6.38. The third-order valence-corrected chi connectivity index (χ3v) is 4.09. The largest absolute Gasteiger partial charge is 0.375 e. The first-order valence-electron chi connectivity index (χ1n) is 6.79. The average Bonchev–Trinajstić information content (AvgIpc) is 2.43. The normalized spacial score (nSPS) is 12.5. The molecule has 0 amide bonds. The maximum Gasteiger partial charge on any atom is 0.147 e. The molecule has 0 saturated carbocycles. The molecule has 0 radical (unpaired) electrons. The second kappa shape index (κ2) is 6.40. The first kappa shape index (κ1) is 15.0. The van der Waals surface area contributed by atoms with E-state index in [0.717, 1.165) is 10.0 Å². The molecule has 2 rings (SSSR count). The lowest BCUT2D eigenvalue weighted by atomic mass is 9.99. The van der Waals surface area contributed by atoms with E-state index in [0.29, 0.717) is 11.6 Å². The molecule has 3 heteroatoms.